The molecule has 1 aromatic rings. The van der Waals surface area contributed by atoms with Crippen LogP contribution in [0.25, 0.3) is 0 Å². The molecule has 16 heavy (non-hydrogen) atoms. The van der Waals surface area contributed by atoms with Crippen molar-refractivity contribution in [3.63, 3.8) is 0 Å². The maximum Gasteiger partial charge on any atom is 0.157 e. The third-order valence-corrected chi connectivity index (χ3v) is 3.72. The fourth-order valence-corrected chi connectivity index (χ4v) is 2.73. The number of carbonyl (C=O) groups is 1. The van der Waals surface area contributed by atoms with Crippen LogP contribution >= 0.6 is 28.3 Å². The van der Waals surface area contributed by atoms with Crippen molar-refractivity contribution in [3.8, 4) is 0 Å². The van der Waals surface area contributed by atoms with Gasteiger partial charge in [-0.2, -0.15) is 0 Å². The van der Waals surface area contributed by atoms with E-state index in [1.54, 1.807) is 0 Å². The first-order valence-electron chi connectivity index (χ1n) is 5.18. The highest BCUT2D eigenvalue weighted by molar-refractivity contribution is 9.10. The zero-order valence-electron chi connectivity index (χ0n) is 9.13. The van der Waals surface area contributed by atoms with Crippen LogP contribution in [-0.2, 0) is 10.3 Å². The summed E-state index contributed by atoms with van der Waals surface area (Å²) in [4.78, 5) is 12.0. The summed E-state index contributed by atoms with van der Waals surface area (Å²) in [5.41, 5.74) is 0.521. The fourth-order valence-electron chi connectivity index (χ4n) is 2.05. The number of Topliss-reactive ketones (excluding diaryl/α,β-unsaturated/α-hetero) is 1. The second-order valence-corrected chi connectivity index (χ2v) is 4.91. The molecule has 0 radical (unpaired) electrons. The van der Waals surface area contributed by atoms with Crippen LogP contribution in [0.2, 0.25) is 0 Å². The first kappa shape index (κ1) is 13.7. The van der Waals surface area contributed by atoms with Gasteiger partial charge in [0.25, 0.3) is 0 Å². The molecule has 1 atom stereocenters. The Bertz CT molecular complexity index is 396. The van der Waals surface area contributed by atoms with Crippen molar-refractivity contribution in [2.75, 3.05) is 6.54 Å². The van der Waals surface area contributed by atoms with E-state index in [-0.39, 0.29) is 18.2 Å². The van der Waals surface area contributed by atoms with Crippen LogP contribution in [0.5, 0.6) is 0 Å². The molecule has 0 aromatic heterocycles. The van der Waals surface area contributed by atoms with Crippen LogP contribution in [0.15, 0.2) is 28.7 Å². The van der Waals surface area contributed by atoms with Crippen molar-refractivity contribution in [2.24, 2.45) is 0 Å². The third-order valence-electron chi connectivity index (χ3n) is 3.03. The molecule has 1 unspecified atom stereocenters. The highest BCUT2D eigenvalue weighted by Crippen LogP contribution is 2.31. The molecule has 0 spiro atoms. The van der Waals surface area contributed by atoms with E-state index in [2.05, 4.69) is 21.2 Å². The van der Waals surface area contributed by atoms with Gasteiger partial charge in [0, 0.05) is 10.9 Å². The number of hydrogen-bond acceptors (Lipinski definition) is 2. The molecule has 1 aromatic carbocycles. The first-order chi connectivity index (χ1) is 7.14. The molecule has 1 heterocycles. The quantitative estimate of drug-likeness (QED) is 0.864. The minimum absolute atomic E-state index is 0. The van der Waals surface area contributed by atoms with Crippen LogP contribution in [0.1, 0.15) is 25.3 Å². The summed E-state index contributed by atoms with van der Waals surface area (Å²) < 4.78 is 0.996. The van der Waals surface area contributed by atoms with Crippen molar-refractivity contribution < 1.29 is 4.79 Å². The highest BCUT2D eigenvalue weighted by Gasteiger charge is 2.37. The van der Waals surface area contributed by atoms with Gasteiger partial charge in [0.1, 0.15) is 5.54 Å². The largest absolute Gasteiger partial charge is 0.301 e. The molecule has 1 N–H and O–H groups in total. The van der Waals surface area contributed by atoms with Gasteiger partial charge < -0.3 is 5.32 Å². The number of halogens is 2. The Morgan fingerprint density at radius 1 is 1.38 bits per heavy atom. The second-order valence-electron chi connectivity index (χ2n) is 4.06. The minimum atomic E-state index is -0.516. The fraction of sp³-hybridized carbons (Fsp3) is 0.417. The minimum Gasteiger partial charge on any atom is -0.301 e. The molecule has 0 aliphatic carbocycles. The molecule has 1 aliphatic heterocycles. The highest BCUT2D eigenvalue weighted by atomic mass is 79.9. The number of nitrogens with one attached hydrogen (secondary N) is 1. The number of rotatable bonds is 1. The van der Waals surface area contributed by atoms with E-state index in [9.17, 15) is 4.79 Å². The lowest BCUT2D eigenvalue weighted by Gasteiger charge is -2.34. The normalized spacial score (nSPS) is 25.0. The van der Waals surface area contributed by atoms with Crippen molar-refractivity contribution in [1.82, 2.24) is 5.32 Å². The lowest BCUT2D eigenvalue weighted by atomic mass is 9.83. The predicted molar refractivity (Wildman–Crippen MR) is 71.0 cm³/mol. The summed E-state index contributed by atoms with van der Waals surface area (Å²) in [6, 6.07) is 7.91. The molecule has 0 amide bonds. The molecule has 0 saturated carbocycles. The molecular formula is C12H15BrClNO. The van der Waals surface area contributed by atoms with Gasteiger partial charge in [-0.25, -0.2) is 0 Å². The Balaban J connectivity index is 0.00000128. The van der Waals surface area contributed by atoms with Crippen molar-refractivity contribution in [2.45, 2.75) is 25.3 Å². The number of benzene rings is 1. The average molecular weight is 305 g/mol. The Kier molecular flexibility index (Phi) is 4.53. The van der Waals surface area contributed by atoms with Gasteiger partial charge in [-0.05, 0) is 31.5 Å². The Morgan fingerprint density at radius 3 is 2.69 bits per heavy atom. The lowest BCUT2D eigenvalue weighted by Crippen LogP contribution is -2.50. The SMILES string of the molecule is CC1(c2ccccc2Br)NCCCC1=O.Cl. The Labute approximate surface area is 110 Å². The number of carbonyl (C=O) groups excluding carboxylic acids is 1. The molecule has 1 fully saturated rings. The van der Waals surface area contributed by atoms with Crippen molar-refractivity contribution in [1.29, 1.82) is 0 Å². The van der Waals surface area contributed by atoms with E-state index in [1.807, 2.05) is 31.2 Å². The number of piperidine rings is 1. The molecule has 1 saturated heterocycles. The Morgan fingerprint density at radius 2 is 2.06 bits per heavy atom. The van der Waals surface area contributed by atoms with Crippen LogP contribution < -0.4 is 5.32 Å². The van der Waals surface area contributed by atoms with Gasteiger partial charge in [0.05, 0.1) is 0 Å². The van der Waals surface area contributed by atoms with Gasteiger partial charge in [0.2, 0.25) is 0 Å². The predicted octanol–water partition coefficient (Wildman–Crippen LogP) is 3.04. The molecule has 2 nitrogen and oxygen atoms in total. The van der Waals surface area contributed by atoms with Crippen LogP contribution in [0.3, 0.4) is 0 Å². The topological polar surface area (TPSA) is 29.1 Å². The number of ketones is 1. The monoisotopic (exact) mass is 303 g/mol. The van der Waals surface area contributed by atoms with Gasteiger partial charge >= 0.3 is 0 Å². The molecule has 88 valence electrons. The second kappa shape index (κ2) is 5.30. The molecule has 0 bridgehead atoms. The average Bonchev–Trinajstić information content (AvgIpc) is 2.23. The van der Waals surface area contributed by atoms with E-state index < -0.39 is 5.54 Å². The van der Waals surface area contributed by atoms with Gasteiger partial charge in [-0.15, -0.1) is 12.4 Å². The third kappa shape index (κ3) is 2.31. The van der Waals surface area contributed by atoms with Crippen molar-refractivity contribution in [3.05, 3.63) is 34.3 Å². The van der Waals surface area contributed by atoms with Crippen LogP contribution in [0.4, 0.5) is 0 Å². The summed E-state index contributed by atoms with van der Waals surface area (Å²) in [5, 5.41) is 3.32. The van der Waals surface area contributed by atoms with E-state index >= 15 is 0 Å². The van der Waals surface area contributed by atoms with E-state index in [1.165, 1.54) is 0 Å². The van der Waals surface area contributed by atoms with Crippen molar-refractivity contribution >= 4 is 34.1 Å². The zero-order chi connectivity index (χ0) is 10.9. The van der Waals surface area contributed by atoms with Gasteiger partial charge in [-0.1, -0.05) is 34.1 Å². The zero-order valence-corrected chi connectivity index (χ0v) is 11.5. The summed E-state index contributed by atoms with van der Waals surface area (Å²) in [5.74, 6) is 0.278. The molecule has 1 aliphatic rings. The van der Waals surface area contributed by atoms with Crippen LogP contribution in [-0.4, -0.2) is 12.3 Å². The summed E-state index contributed by atoms with van der Waals surface area (Å²) in [6.07, 6.45) is 1.61. The van der Waals surface area contributed by atoms with E-state index in [0.29, 0.717) is 6.42 Å². The van der Waals surface area contributed by atoms with Crippen LogP contribution in [0, 0.1) is 0 Å². The van der Waals surface area contributed by atoms with E-state index in [4.69, 9.17) is 0 Å². The van der Waals surface area contributed by atoms with Gasteiger partial charge in [0.15, 0.2) is 5.78 Å². The Hall–Kier alpha value is -0.380. The standard InChI is InChI=1S/C12H14BrNO.ClH/c1-12(11(15)7-4-8-14-12)9-5-2-3-6-10(9)13;/h2-3,5-6,14H,4,7-8H2,1H3;1H. The molecular weight excluding hydrogens is 289 g/mol. The molecule has 2 rings (SSSR count). The summed E-state index contributed by atoms with van der Waals surface area (Å²) in [6.45, 7) is 2.87. The first-order valence-corrected chi connectivity index (χ1v) is 5.97. The van der Waals surface area contributed by atoms with E-state index in [0.717, 1.165) is 23.0 Å². The lowest BCUT2D eigenvalue weighted by molar-refractivity contribution is -0.126. The summed E-state index contributed by atoms with van der Waals surface area (Å²) in [7, 11) is 0. The van der Waals surface area contributed by atoms with Gasteiger partial charge in [-0.3, -0.25) is 4.79 Å². The smallest absolute Gasteiger partial charge is 0.157 e. The molecule has 4 heteroatoms. The maximum atomic E-state index is 12.0. The maximum absolute atomic E-state index is 12.0. The number of hydrogen-bond donors (Lipinski definition) is 1. The summed E-state index contributed by atoms with van der Waals surface area (Å²) >= 11 is 3.50.